The molecule has 0 saturated heterocycles. The molecule has 0 saturated carbocycles. The SMILES string of the molecule is Cc1ccc(-c2cc(CNC(C)(C)C)[nH]n2)cc1. The van der Waals surface area contributed by atoms with E-state index in [4.69, 9.17) is 0 Å². The van der Waals surface area contributed by atoms with Crippen molar-refractivity contribution in [2.24, 2.45) is 0 Å². The molecule has 3 nitrogen and oxygen atoms in total. The Morgan fingerprint density at radius 1 is 1.17 bits per heavy atom. The van der Waals surface area contributed by atoms with E-state index >= 15 is 0 Å². The lowest BCUT2D eigenvalue weighted by Gasteiger charge is -2.19. The zero-order valence-corrected chi connectivity index (χ0v) is 11.5. The van der Waals surface area contributed by atoms with Crippen LogP contribution in [-0.2, 0) is 6.54 Å². The maximum Gasteiger partial charge on any atom is 0.0924 e. The Morgan fingerprint density at radius 2 is 1.83 bits per heavy atom. The van der Waals surface area contributed by atoms with Gasteiger partial charge in [-0.1, -0.05) is 29.8 Å². The molecule has 96 valence electrons. The summed E-state index contributed by atoms with van der Waals surface area (Å²) in [6.07, 6.45) is 0. The van der Waals surface area contributed by atoms with Crippen molar-refractivity contribution in [3.8, 4) is 11.3 Å². The Labute approximate surface area is 109 Å². The highest BCUT2D eigenvalue weighted by Crippen LogP contribution is 2.18. The summed E-state index contributed by atoms with van der Waals surface area (Å²) < 4.78 is 0. The van der Waals surface area contributed by atoms with Gasteiger partial charge in [0.2, 0.25) is 0 Å². The van der Waals surface area contributed by atoms with Gasteiger partial charge in [0.1, 0.15) is 0 Å². The van der Waals surface area contributed by atoms with E-state index in [0.717, 1.165) is 23.5 Å². The van der Waals surface area contributed by atoms with Gasteiger partial charge in [0, 0.05) is 23.3 Å². The van der Waals surface area contributed by atoms with Gasteiger partial charge >= 0.3 is 0 Å². The first kappa shape index (κ1) is 12.8. The zero-order chi connectivity index (χ0) is 13.2. The fourth-order valence-corrected chi connectivity index (χ4v) is 1.68. The van der Waals surface area contributed by atoms with E-state index in [0.29, 0.717) is 0 Å². The molecule has 3 heteroatoms. The molecule has 1 aromatic heterocycles. The van der Waals surface area contributed by atoms with E-state index in [1.807, 2.05) is 0 Å². The second-order valence-electron chi connectivity index (χ2n) is 5.75. The quantitative estimate of drug-likeness (QED) is 0.868. The van der Waals surface area contributed by atoms with Crippen LogP contribution in [0.25, 0.3) is 11.3 Å². The van der Waals surface area contributed by atoms with Crippen molar-refractivity contribution in [1.82, 2.24) is 15.5 Å². The molecule has 0 aliphatic carbocycles. The average Bonchev–Trinajstić information content (AvgIpc) is 2.75. The highest BCUT2D eigenvalue weighted by Gasteiger charge is 2.10. The lowest BCUT2D eigenvalue weighted by molar-refractivity contribution is 0.421. The van der Waals surface area contributed by atoms with Gasteiger partial charge in [-0.2, -0.15) is 5.10 Å². The van der Waals surface area contributed by atoms with Gasteiger partial charge in [-0.05, 0) is 33.8 Å². The standard InChI is InChI=1S/C15H21N3/c1-11-5-7-12(8-6-11)14-9-13(17-18-14)10-16-15(2,3)4/h5-9,16H,10H2,1-4H3,(H,17,18). The number of H-pyrrole nitrogens is 1. The van der Waals surface area contributed by atoms with Crippen molar-refractivity contribution in [3.63, 3.8) is 0 Å². The number of hydrogen-bond donors (Lipinski definition) is 2. The molecule has 0 aliphatic heterocycles. The summed E-state index contributed by atoms with van der Waals surface area (Å²) in [6, 6.07) is 10.5. The van der Waals surface area contributed by atoms with Gasteiger partial charge in [0.15, 0.2) is 0 Å². The maximum absolute atomic E-state index is 4.35. The normalized spacial score (nSPS) is 11.8. The molecular formula is C15H21N3. The Kier molecular flexibility index (Phi) is 3.53. The molecular weight excluding hydrogens is 222 g/mol. The van der Waals surface area contributed by atoms with Gasteiger partial charge in [-0.3, -0.25) is 5.10 Å². The predicted octanol–water partition coefficient (Wildman–Crippen LogP) is 3.27. The van der Waals surface area contributed by atoms with Crippen molar-refractivity contribution in [2.45, 2.75) is 39.8 Å². The lowest BCUT2D eigenvalue weighted by atomic mass is 10.1. The Balaban J connectivity index is 2.08. The molecule has 1 heterocycles. The third-order valence-corrected chi connectivity index (χ3v) is 2.79. The fraction of sp³-hybridized carbons (Fsp3) is 0.400. The van der Waals surface area contributed by atoms with Crippen LogP contribution >= 0.6 is 0 Å². The molecule has 0 amide bonds. The van der Waals surface area contributed by atoms with Gasteiger partial charge in [-0.25, -0.2) is 0 Å². The average molecular weight is 243 g/mol. The highest BCUT2D eigenvalue weighted by atomic mass is 15.1. The highest BCUT2D eigenvalue weighted by molar-refractivity contribution is 5.59. The Morgan fingerprint density at radius 3 is 2.44 bits per heavy atom. The molecule has 1 aromatic carbocycles. The summed E-state index contributed by atoms with van der Waals surface area (Å²) >= 11 is 0. The molecule has 18 heavy (non-hydrogen) atoms. The summed E-state index contributed by atoms with van der Waals surface area (Å²) in [5.41, 5.74) is 4.65. The number of aromatic amines is 1. The van der Waals surface area contributed by atoms with Crippen LogP contribution in [0.15, 0.2) is 30.3 Å². The summed E-state index contributed by atoms with van der Waals surface area (Å²) in [5, 5.41) is 10.9. The van der Waals surface area contributed by atoms with E-state index in [9.17, 15) is 0 Å². The minimum absolute atomic E-state index is 0.120. The monoisotopic (exact) mass is 243 g/mol. The summed E-state index contributed by atoms with van der Waals surface area (Å²) in [6.45, 7) is 9.37. The second-order valence-corrected chi connectivity index (χ2v) is 5.75. The molecule has 0 unspecified atom stereocenters. The predicted molar refractivity (Wildman–Crippen MR) is 75.4 cm³/mol. The summed E-state index contributed by atoms with van der Waals surface area (Å²) in [4.78, 5) is 0. The van der Waals surface area contributed by atoms with Crippen molar-refractivity contribution in [2.75, 3.05) is 0 Å². The molecule has 2 aromatic rings. The van der Waals surface area contributed by atoms with Crippen LogP contribution in [0.5, 0.6) is 0 Å². The largest absolute Gasteiger partial charge is 0.306 e. The molecule has 2 N–H and O–H groups in total. The lowest BCUT2D eigenvalue weighted by Crippen LogP contribution is -2.35. The number of rotatable bonds is 3. The van der Waals surface area contributed by atoms with Gasteiger partial charge < -0.3 is 5.32 Å². The summed E-state index contributed by atoms with van der Waals surface area (Å²) in [7, 11) is 0. The topological polar surface area (TPSA) is 40.7 Å². The van der Waals surface area contributed by atoms with Gasteiger partial charge in [0.25, 0.3) is 0 Å². The van der Waals surface area contributed by atoms with Gasteiger partial charge in [-0.15, -0.1) is 0 Å². The van der Waals surface area contributed by atoms with E-state index in [1.54, 1.807) is 0 Å². The van der Waals surface area contributed by atoms with Crippen LogP contribution < -0.4 is 5.32 Å². The van der Waals surface area contributed by atoms with E-state index in [2.05, 4.69) is 73.5 Å². The van der Waals surface area contributed by atoms with Crippen LogP contribution in [0.3, 0.4) is 0 Å². The molecule has 0 spiro atoms. The first-order valence-electron chi connectivity index (χ1n) is 6.30. The third kappa shape index (κ3) is 3.44. The Bertz CT molecular complexity index is 503. The number of nitrogens with one attached hydrogen (secondary N) is 2. The Hall–Kier alpha value is -1.61. The minimum Gasteiger partial charge on any atom is -0.306 e. The second kappa shape index (κ2) is 4.94. The zero-order valence-electron chi connectivity index (χ0n) is 11.5. The molecule has 2 rings (SSSR count). The van der Waals surface area contributed by atoms with Crippen LogP contribution in [0.1, 0.15) is 32.0 Å². The minimum atomic E-state index is 0.120. The third-order valence-electron chi connectivity index (χ3n) is 2.79. The van der Waals surface area contributed by atoms with Crippen molar-refractivity contribution < 1.29 is 0 Å². The number of aromatic nitrogens is 2. The van der Waals surface area contributed by atoms with Crippen molar-refractivity contribution in [3.05, 3.63) is 41.6 Å². The number of nitrogens with zero attached hydrogens (tertiary/aromatic N) is 1. The van der Waals surface area contributed by atoms with Crippen LogP contribution in [0.4, 0.5) is 0 Å². The molecule has 0 atom stereocenters. The van der Waals surface area contributed by atoms with Gasteiger partial charge in [0.05, 0.1) is 5.69 Å². The van der Waals surface area contributed by atoms with Crippen LogP contribution in [-0.4, -0.2) is 15.7 Å². The van der Waals surface area contributed by atoms with Crippen molar-refractivity contribution >= 4 is 0 Å². The van der Waals surface area contributed by atoms with E-state index in [1.165, 1.54) is 5.56 Å². The van der Waals surface area contributed by atoms with Crippen LogP contribution in [0, 0.1) is 6.92 Å². The maximum atomic E-state index is 4.35. The number of aryl methyl sites for hydroxylation is 1. The van der Waals surface area contributed by atoms with E-state index in [-0.39, 0.29) is 5.54 Å². The molecule has 0 radical (unpaired) electrons. The number of hydrogen-bond acceptors (Lipinski definition) is 2. The first-order valence-corrected chi connectivity index (χ1v) is 6.30. The van der Waals surface area contributed by atoms with Crippen molar-refractivity contribution in [1.29, 1.82) is 0 Å². The number of benzene rings is 1. The fourth-order valence-electron chi connectivity index (χ4n) is 1.68. The molecule has 0 fully saturated rings. The smallest absolute Gasteiger partial charge is 0.0924 e. The van der Waals surface area contributed by atoms with E-state index < -0.39 is 0 Å². The van der Waals surface area contributed by atoms with Crippen LogP contribution in [0.2, 0.25) is 0 Å². The molecule has 0 bridgehead atoms. The molecule has 0 aliphatic rings. The first-order chi connectivity index (χ1) is 8.44. The summed E-state index contributed by atoms with van der Waals surface area (Å²) in [5.74, 6) is 0.